The van der Waals surface area contributed by atoms with Gasteiger partial charge in [0.15, 0.2) is 25.2 Å². The Morgan fingerprint density at radius 3 is 1.34 bits per heavy atom. The van der Waals surface area contributed by atoms with E-state index in [1.165, 1.54) is 0 Å². The van der Waals surface area contributed by atoms with E-state index in [4.69, 9.17) is 37.9 Å². The Bertz CT molecular complexity index is 1180. The summed E-state index contributed by atoms with van der Waals surface area (Å²) in [6.45, 7) is -3.60. The quantitative estimate of drug-likeness (QED) is 0.0425. The summed E-state index contributed by atoms with van der Waals surface area (Å²) in [5.74, 6) is -0.295. The largest absolute Gasteiger partial charge is 0.394 e. The van der Waals surface area contributed by atoms with Gasteiger partial charge in [-0.25, -0.2) is 0 Å². The van der Waals surface area contributed by atoms with Gasteiger partial charge in [0.05, 0.1) is 33.0 Å². The van der Waals surface area contributed by atoms with E-state index in [1.807, 2.05) is 0 Å². The van der Waals surface area contributed by atoms with Crippen LogP contribution in [0.2, 0.25) is 0 Å². The highest BCUT2D eigenvalue weighted by atomic mass is 16.8. The van der Waals surface area contributed by atoms with Gasteiger partial charge in [-0.15, -0.1) is 0 Å². The van der Waals surface area contributed by atoms with Gasteiger partial charge in [0.2, 0.25) is 5.91 Å². The number of aliphatic hydroxyl groups is 13. The molecule has 4 saturated heterocycles. The summed E-state index contributed by atoms with van der Waals surface area (Å²) in [7, 11) is 0. The van der Waals surface area contributed by atoms with E-state index in [9.17, 15) is 76.0 Å². The summed E-state index contributed by atoms with van der Waals surface area (Å²) in [5, 5.41) is 138. The molecule has 0 aromatic heterocycles. The molecule has 20 atom stereocenters. The Kier molecular flexibility index (Phi) is 18.5. The molecule has 20 unspecified atom stereocenters. The van der Waals surface area contributed by atoms with Crippen molar-refractivity contribution < 1.29 is 114 Å². The zero-order chi connectivity index (χ0) is 41.3. The van der Waals surface area contributed by atoms with Gasteiger partial charge >= 0.3 is 0 Å². The maximum atomic E-state index is 11.9. The van der Waals surface area contributed by atoms with Crippen LogP contribution >= 0.6 is 0 Å². The second-order valence-electron chi connectivity index (χ2n) is 13.8. The van der Waals surface area contributed by atoms with Crippen molar-refractivity contribution in [3.8, 4) is 0 Å². The predicted octanol–water partition coefficient (Wildman–Crippen LogP) is -8.85. The van der Waals surface area contributed by atoms with Gasteiger partial charge in [-0.3, -0.25) is 4.79 Å². The zero-order valence-corrected chi connectivity index (χ0v) is 30.1. The van der Waals surface area contributed by atoms with Gasteiger partial charge in [0.25, 0.3) is 0 Å². The van der Waals surface area contributed by atoms with Crippen LogP contribution in [0.25, 0.3) is 0 Å². The van der Waals surface area contributed by atoms with Gasteiger partial charge < -0.3 is 114 Å². The molecule has 14 N–H and O–H groups in total. The molecule has 0 bridgehead atoms. The number of aldehydes is 1. The van der Waals surface area contributed by atoms with Gasteiger partial charge in [0.1, 0.15) is 104 Å². The fraction of sp³-hybridized carbons (Fsp3) is 0.938. The van der Waals surface area contributed by atoms with Crippen molar-refractivity contribution in [2.75, 3.05) is 39.6 Å². The van der Waals surface area contributed by atoms with Crippen LogP contribution in [-0.4, -0.2) is 241 Å². The van der Waals surface area contributed by atoms with Crippen molar-refractivity contribution in [3.63, 3.8) is 0 Å². The molecule has 24 nitrogen and oxygen atoms in total. The Morgan fingerprint density at radius 2 is 0.911 bits per heavy atom. The fourth-order valence-electron chi connectivity index (χ4n) is 6.64. The number of amides is 1. The molecule has 0 radical (unpaired) electrons. The summed E-state index contributed by atoms with van der Waals surface area (Å²) in [5.41, 5.74) is 0. The number of carbonyl (C=O) groups excluding carboxylic acids is 2. The maximum Gasteiger partial charge on any atom is 0.220 e. The Morgan fingerprint density at radius 1 is 0.518 bits per heavy atom. The maximum absolute atomic E-state index is 11.9. The van der Waals surface area contributed by atoms with Crippen LogP contribution in [0.3, 0.4) is 0 Å². The second kappa shape index (κ2) is 22.1. The first kappa shape index (κ1) is 47.0. The van der Waals surface area contributed by atoms with Crippen molar-refractivity contribution >= 4 is 12.2 Å². The lowest BCUT2D eigenvalue weighted by Crippen LogP contribution is -2.67. The van der Waals surface area contributed by atoms with Crippen LogP contribution in [0.15, 0.2) is 0 Å². The molecule has 0 aliphatic carbocycles. The molecule has 326 valence electrons. The number of rotatable bonds is 19. The summed E-state index contributed by atoms with van der Waals surface area (Å²) in [6.07, 6.45) is -32.8. The number of aliphatic hydroxyl groups excluding tert-OH is 13. The third-order valence-electron chi connectivity index (χ3n) is 9.87. The number of carbonyl (C=O) groups is 2. The molecular formula is C32H55NO23. The van der Waals surface area contributed by atoms with E-state index >= 15 is 0 Å². The number of hydrogen-bond donors (Lipinski definition) is 14. The van der Waals surface area contributed by atoms with Crippen LogP contribution in [0.1, 0.15) is 25.7 Å². The molecule has 1 amide bonds. The normalized spacial score (nSPS) is 44.7. The van der Waals surface area contributed by atoms with E-state index < -0.39 is 149 Å². The first-order valence-electron chi connectivity index (χ1n) is 18.2. The molecule has 4 aliphatic rings. The fourth-order valence-corrected chi connectivity index (χ4v) is 6.64. The van der Waals surface area contributed by atoms with Crippen molar-refractivity contribution in [2.45, 2.75) is 149 Å². The van der Waals surface area contributed by atoms with E-state index in [1.54, 1.807) is 0 Å². The van der Waals surface area contributed by atoms with Crippen molar-refractivity contribution in [3.05, 3.63) is 0 Å². The standard InChI is InChI=1S/C32H55NO23/c34-6-3-1-2-4-16(39)33-5-7-49-29-23(46)19(42)26(13(9-36)51-29)55-31-25(48)21(44)28(15(11-38)53-31)56-32-24(47)20(43)27(14(10-37)52-32)54-30-22(45)18(41)17(40)12(8-35)50-30/h6,12-15,17-32,35-38,40-48H,1-5,7-11H2,(H,33,39). The zero-order valence-electron chi connectivity index (χ0n) is 30.1. The van der Waals surface area contributed by atoms with Crippen molar-refractivity contribution in [1.82, 2.24) is 5.32 Å². The lowest BCUT2D eigenvalue weighted by Gasteiger charge is -2.49. The highest BCUT2D eigenvalue weighted by molar-refractivity contribution is 5.75. The second-order valence-corrected chi connectivity index (χ2v) is 13.8. The van der Waals surface area contributed by atoms with Crippen molar-refractivity contribution in [1.29, 1.82) is 0 Å². The van der Waals surface area contributed by atoms with Gasteiger partial charge in [0, 0.05) is 19.4 Å². The van der Waals surface area contributed by atoms with Crippen LogP contribution < -0.4 is 5.32 Å². The molecule has 0 aromatic carbocycles. The summed E-state index contributed by atoms with van der Waals surface area (Å²) in [4.78, 5) is 22.3. The van der Waals surface area contributed by atoms with Crippen molar-refractivity contribution in [2.24, 2.45) is 0 Å². The molecular weight excluding hydrogens is 766 g/mol. The highest BCUT2D eigenvalue weighted by Crippen LogP contribution is 2.34. The first-order valence-corrected chi connectivity index (χ1v) is 18.2. The lowest BCUT2D eigenvalue weighted by molar-refractivity contribution is -0.388. The van der Waals surface area contributed by atoms with Gasteiger partial charge in [-0.2, -0.15) is 0 Å². The first-order chi connectivity index (χ1) is 26.7. The van der Waals surface area contributed by atoms with Crippen LogP contribution in [0, 0.1) is 0 Å². The number of nitrogens with one attached hydrogen (secondary N) is 1. The summed E-state index contributed by atoms with van der Waals surface area (Å²) in [6, 6.07) is 0. The average molecular weight is 822 g/mol. The average Bonchev–Trinajstić information content (AvgIpc) is 3.19. The minimum absolute atomic E-state index is 0.00371. The molecule has 0 saturated carbocycles. The molecule has 4 aliphatic heterocycles. The topological polar surface area (TPSA) is 383 Å². The lowest BCUT2D eigenvalue weighted by atomic mass is 9.95. The van der Waals surface area contributed by atoms with E-state index in [0.29, 0.717) is 19.3 Å². The van der Waals surface area contributed by atoms with Gasteiger partial charge in [-0.05, 0) is 12.8 Å². The molecule has 4 rings (SSSR count). The third kappa shape index (κ3) is 11.1. The monoisotopic (exact) mass is 821 g/mol. The molecule has 24 heteroatoms. The summed E-state index contributed by atoms with van der Waals surface area (Å²) >= 11 is 0. The molecule has 56 heavy (non-hydrogen) atoms. The minimum atomic E-state index is -2.04. The number of unbranched alkanes of at least 4 members (excludes halogenated alkanes) is 2. The number of hydrogen-bond acceptors (Lipinski definition) is 23. The van der Waals surface area contributed by atoms with Crippen LogP contribution in [0.5, 0.6) is 0 Å². The van der Waals surface area contributed by atoms with E-state index in [-0.39, 0.29) is 25.5 Å². The van der Waals surface area contributed by atoms with Crippen LogP contribution in [-0.2, 0) is 47.5 Å². The molecule has 0 spiro atoms. The number of ether oxygens (including phenoxy) is 8. The smallest absolute Gasteiger partial charge is 0.220 e. The Labute approximate surface area is 319 Å². The minimum Gasteiger partial charge on any atom is -0.394 e. The Balaban J connectivity index is 1.33. The Hall–Kier alpha value is -1.70. The third-order valence-corrected chi connectivity index (χ3v) is 9.87. The highest BCUT2D eigenvalue weighted by Gasteiger charge is 2.55. The summed E-state index contributed by atoms with van der Waals surface area (Å²) < 4.78 is 44.2. The SMILES string of the molecule is O=CCCCCC(=O)NCCOC1OC(CO)C(OC2OC(CO)C(OC3OC(CO)C(OC4OC(CO)C(O)C(O)C4O)C(O)C3O)C(O)C2O)C(O)C1O. The van der Waals surface area contributed by atoms with E-state index in [2.05, 4.69) is 5.32 Å². The van der Waals surface area contributed by atoms with Crippen LogP contribution in [0.4, 0.5) is 0 Å². The predicted molar refractivity (Wildman–Crippen MR) is 175 cm³/mol. The van der Waals surface area contributed by atoms with Gasteiger partial charge in [-0.1, -0.05) is 0 Å². The van der Waals surface area contributed by atoms with E-state index in [0.717, 1.165) is 6.29 Å². The molecule has 4 heterocycles. The molecule has 0 aromatic rings. The molecule has 4 fully saturated rings.